The molecule has 0 bridgehead atoms. The summed E-state index contributed by atoms with van der Waals surface area (Å²) in [7, 11) is 4.60. The van der Waals surface area contributed by atoms with Crippen LogP contribution in [-0.2, 0) is 6.61 Å². The van der Waals surface area contributed by atoms with Gasteiger partial charge in [-0.15, -0.1) is 0 Å². The highest BCUT2D eigenvalue weighted by molar-refractivity contribution is 6.05. The molecule has 2 N–H and O–H groups in total. The van der Waals surface area contributed by atoms with E-state index in [2.05, 4.69) is 5.32 Å². The largest absolute Gasteiger partial charge is 0.497 e. The van der Waals surface area contributed by atoms with Crippen molar-refractivity contribution in [3.63, 3.8) is 0 Å². The summed E-state index contributed by atoms with van der Waals surface area (Å²) >= 11 is 0. The molecule has 0 radical (unpaired) electrons. The second-order valence-corrected chi connectivity index (χ2v) is 5.89. The van der Waals surface area contributed by atoms with E-state index in [9.17, 15) is 9.90 Å². The van der Waals surface area contributed by atoms with Crippen molar-refractivity contribution in [2.24, 2.45) is 0 Å². The second kappa shape index (κ2) is 8.49. The molecule has 0 aliphatic carbocycles. The normalized spacial score (nSPS) is 10.4. The molecule has 1 amide bonds. The number of ether oxygens (including phenoxy) is 3. The third-order valence-electron chi connectivity index (χ3n) is 4.15. The molecule has 0 saturated heterocycles. The van der Waals surface area contributed by atoms with Crippen molar-refractivity contribution in [1.82, 2.24) is 0 Å². The van der Waals surface area contributed by atoms with Gasteiger partial charge < -0.3 is 29.1 Å². The molecule has 3 aromatic rings. The van der Waals surface area contributed by atoms with Crippen LogP contribution in [0.2, 0.25) is 0 Å². The molecule has 0 aliphatic heterocycles. The number of benzene rings is 2. The van der Waals surface area contributed by atoms with Gasteiger partial charge in [-0.25, -0.2) is 0 Å². The fraction of sp³-hybridized carbons (Fsp3) is 0.190. The molecule has 0 unspecified atom stereocenters. The van der Waals surface area contributed by atoms with Gasteiger partial charge in [-0.05, 0) is 42.5 Å². The number of amides is 1. The average molecular weight is 383 g/mol. The van der Waals surface area contributed by atoms with Crippen LogP contribution in [0, 0.1) is 0 Å². The smallest absolute Gasteiger partial charge is 0.255 e. The number of carbonyl (C=O) groups excluding carboxylic acids is 1. The average Bonchev–Trinajstić information content (AvgIpc) is 3.22. The lowest BCUT2D eigenvalue weighted by molar-refractivity contribution is 0.102. The Labute approximate surface area is 162 Å². The predicted octanol–water partition coefficient (Wildman–Crippen LogP) is 3.72. The highest BCUT2D eigenvalue weighted by Crippen LogP contribution is 2.34. The van der Waals surface area contributed by atoms with E-state index in [0.717, 1.165) is 0 Å². The minimum atomic E-state index is -0.316. The Morgan fingerprint density at radius 3 is 2.25 bits per heavy atom. The molecule has 2 aromatic carbocycles. The molecule has 0 fully saturated rings. The number of rotatable bonds is 7. The fourth-order valence-electron chi connectivity index (χ4n) is 2.73. The number of aliphatic hydroxyl groups excluding tert-OH is 1. The monoisotopic (exact) mass is 383 g/mol. The maximum atomic E-state index is 12.7. The first kappa shape index (κ1) is 19.3. The van der Waals surface area contributed by atoms with Crippen molar-refractivity contribution in [3.05, 3.63) is 59.9 Å². The lowest BCUT2D eigenvalue weighted by Gasteiger charge is -2.12. The molecule has 146 valence electrons. The van der Waals surface area contributed by atoms with Crippen LogP contribution in [0.15, 0.2) is 52.9 Å². The van der Waals surface area contributed by atoms with E-state index >= 15 is 0 Å². The maximum Gasteiger partial charge on any atom is 0.255 e. The van der Waals surface area contributed by atoms with Gasteiger partial charge in [-0.2, -0.15) is 0 Å². The first-order chi connectivity index (χ1) is 13.6. The number of furan rings is 1. The molecular formula is C21H21NO6. The molecule has 0 spiro atoms. The first-order valence-electron chi connectivity index (χ1n) is 8.50. The summed E-state index contributed by atoms with van der Waals surface area (Å²) in [6, 6.07) is 13.6. The number of nitrogens with one attached hydrogen (secondary N) is 1. The SMILES string of the molecule is COc1cc(OC)cc(C(=O)Nc2ccc(OC)c(-c3ccc(CO)o3)c2)c1. The Kier molecular flexibility index (Phi) is 5.86. The number of carbonyl (C=O) groups is 1. The fourth-order valence-corrected chi connectivity index (χ4v) is 2.73. The molecule has 28 heavy (non-hydrogen) atoms. The predicted molar refractivity (Wildman–Crippen MR) is 104 cm³/mol. The van der Waals surface area contributed by atoms with Crippen molar-refractivity contribution < 1.29 is 28.5 Å². The van der Waals surface area contributed by atoms with Gasteiger partial charge in [0, 0.05) is 17.3 Å². The summed E-state index contributed by atoms with van der Waals surface area (Å²) in [4.78, 5) is 12.7. The molecular weight excluding hydrogens is 362 g/mol. The van der Waals surface area contributed by atoms with Crippen LogP contribution in [0.1, 0.15) is 16.1 Å². The van der Waals surface area contributed by atoms with Crippen LogP contribution in [-0.4, -0.2) is 32.3 Å². The summed E-state index contributed by atoms with van der Waals surface area (Å²) in [5.74, 6) is 2.28. The number of methoxy groups -OCH3 is 3. The van der Waals surface area contributed by atoms with Crippen LogP contribution in [0.5, 0.6) is 17.2 Å². The summed E-state index contributed by atoms with van der Waals surface area (Å²) in [5, 5.41) is 12.1. The van der Waals surface area contributed by atoms with Crippen LogP contribution < -0.4 is 19.5 Å². The van der Waals surface area contributed by atoms with Gasteiger partial charge in [0.1, 0.15) is 35.4 Å². The quantitative estimate of drug-likeness (QED) is 0.646. The van der Waals surface area contributed by atoms with Gasteiger partial charge in [0.15, 0.2) is 0 Å². The van der Waals surface area contributed by atoms with Crippen molar-refractivity contribution >= 4 is 11.6 Å². The molecule has 1 aromatic heterocycles. The number of hydrogen-bond donors (Lipinski definition) is 2. The molecule has 1 heterocycles. The number of anilines is 1. The lowest BCUT2D eigenvalue weighted by Crippen LogP contribution is -2.12. The highest BCUT2D eigenvalue weighted by atomic mass is 16.5. The first-order valence-corrected chi connectivity index (χ1v) is 8.50. The van der Waals surface area contributed by atoms with Crippen molar-refractivity contribution in [2.45, 2.75) is 6.61 Å². The van der Waals surface area contributed by atoms with E-state index in [4.69, 9.17) is 18.6 Å². The minimum Gasteiger partial charge on any atom is -0.497 e. The third kappa shape index (κ3) is 4.10. The van der Waals surface area contributed by atoms with Gasteiger partial charge in [-0.1, -0.05) is 0 Å². The molecule has 0 aliphatic rings. The van der Waals surface area contributed by atoms with Crippen LogP contribution in [0.4, 0.5) is 5.69 Å². The van der Waals surface area contributed by atoms with E-state index in [-0.39, 0.29) is 12.5 Å². The van der Waals surface area contributed by atoms with Crippen molar-refractivity contribution in [2.75, 3.05) is 26.6 Å². The Morgan fingerprint density at radius 2 is 1.68 bits per heavy atom. The number of hydrogen-bond acceptors (Lipinski definition) is 6. The van der Waals surface area contributed by atoms with Gasteiger partial charge in [0.25, 0.3) is 5.91 Å². The Balaban J connectivity index is 1.90. The van der Waals surface area contributed by atoms with Crippen LogP contribution in [0.25, 0.3) is 11.3 Å². The Morgan fingerprint density at radius 1 is 0.964 bits per heavy atom. The molecule has 7 heteroatoms. The maximum absolute atomic E-state index is 12.7. The van der Waals surface area contributed by atoms with E-state index in [1.165, 1.54) is 14.2 Å². The Hall–Kier alpha value is -3.45. The summed E-state index contributed by atoms with van der Waals surface area (Å²) in [6.45, 7) is -0.198. The van der Waals surface area contributed by atoms with E-state index in [1.807, 2.05) is 0 Å². The zero-order valence-corrected chi connectivity index (χ0v) is 15.8. The third-order valence-corrected chi connectivity index (χ3v) is 4.15. The van der Waals surface area contributed by atoms with Crippen molar-refractivity contribution in [3.8, 4) is 28.6 Å². The van der Waals surface area contributed by atoms with Crippen LogP contribution in [0.3, 0.4) is 0 Å². The highest BCUT2D eigenvalue weighted by Gasteiger charge is 2.14. The van der Waals surface area contributed by atoms with Gasteiger partial charge in [0.2, 0.25) is 0 Å². The minimum absolute atomic E-state index is 0.198. The molecule has 7 nitrogen and oxygen atoms in total. The molecule has 0 saturated carbocycles. The molecule has 0 atom stereocenters. The molecule has 3 rings (SSSR count). The van der Waals surface area contributed by atoms with Gasteiger partial charge in [0.05, 0.1) is 26.9 Å². The second-order valence-electron chi connectivity index (χ2n) is 5.89. The number of aliphatic hydroxyl groups is 1. The summed E-state index contributed by atoms with van der Waals surface area (Å²) in [6.07, 6.45) is 0. The zero-order valence-electron chi connectivity index (χ0n) is 15.8. The van der Waals surface area contributed by atoms with E-state index < -0.39 is 0 Å². The summed E-state index contributed by atoms with van der Waals surface area (Å²) in [5.41, 5.74) is 1.61. The van der Waals surface area contributed by atoms with Crippen molar-refractivity contribution in [1.29, 1.82) is 0 Å². The zero-order chi connectivity index (χ0) is 20.1. The standard InChI is InChI=1S/C21H21NO6/c1-25-16-8-13(9-17(11-16)26-2)21(24)22-14-4-6-19(27-3)18(10-14)20-7-5-15(12-23)28-20/h4-11,23H,12H2,1-3H3,(H,22,24). The van der Waals surface area contributed by atoms with Crippen LogP contribution >= 0.6 is 0 Å². The Bertz CT molecular complexity index is 957. The van der Waals surface area contributed by atoms with E-state index in [1.54, 1.807) is 55.6 Å². The van der Waals surface area contributed by atoms with E-state index in [0.29, 0.717) is 45.6 Å². The van der Waals surface area contributed by atoms with Gasteiger partial charge >= 0.3 is 0 Å². The van der Waals surface area contributed by atoms with Gasteiger partial charge in [-0.3, -0.25) is 4.79 Å². The lowest BCUT2D eigenvalue weighted by atomic mass is 10.1. The summed E-state index contributed by atoms with van der Waals surface area (Å²) < 4.78 is 21.4. The topological polar surface area (TPSA) is 90.2 Å².